The molecular formula is C17H23N3O4. The Morgan fingerprint density at radius 3 is 2.83 bits per heavy atom. The Morgan fingerprint density at radius 1 is 1.33 bits per heavy atom. The minimum atomic E-state index is -0.331. The van der Waals surface area contributed by atoms with E-state index in [0.29, 0.717) is 39.2 Å². The van der Waals surface area contributed by atoms with Crippen molar-refractivity contribution in [3.8, 4) is 0 Å². The number of carbonyl (C=O) groups excluding carboxylic acids is 2. The molecule has 2 amide bonds. The molecule has 0 spiro atoms. The van der Waals surface area contributed by atoms with Gasteiger partial charge in [-0.25, -0.2) is 4.79 Å². The van der Waals surface area contributed by atoms with Crippen molar-refractivity contribution in [1.29, 1.82) is 0 Å². The average Bonchev–Trinajstić information content (AvgIpc) is 3.25. The number of pyridine rings is 1. The molecule has 3 rings (SSSR count). The van der Waals surface area contributed by atoms with E-state index in [0.717, 1.165) is 25.0 Å². The number of ether oxygens (including phenoxy) is 2. The third-order valence-electron chi connectivity index (χ3n) is 4.36. The highest BCUT2D eigenvalue weighted by atomic mass is 16.6. The second kappa shape index (κ2) is 8.10. The molecule has 3 heterocycles. The summed E-state index contributed by atoms with van der Waals surface area (Å²) in [6.45, 7) is 3.25. The zero-order chi connectivity index (χ0) is 16.8. The highest BCUT2D eigenvalue weighted by Gasteiger charge is 2.26. The summed E-state index contributed by atoms with van der Waals surface area (Å²) in [5, 5.41) is 0. The standard InChI is InChI=1S/C17H23N3O4/c21-16(5-8-19-9-11-24-17(19)22)20(13-15-2-1-10-23-15)12-14-3-6-18-7-4-14/h3-4,6-7,15H,1-2,5,8-13H2/t15-/m1/s1. The van der Waals surface area contributed by atoms with Gasteiger partial charge in [-0.3, -0.25) is 9.78 Å². The Morgan fingerprint density at radius 2 is 2.17 bits per heavy atom. The highest BCUT2D eigenvalue weighted by molar-refractivity contribution is 5.77. The first-order valence-corrected chi connectivity index (χ1v) is 8.42. The third-order valence-corrected chi connectivity index (χ3v) is 4.36. The zero-order valence-corrected chi connectivity index (χ0v) is 13.7. The van der Waals surface area contributed by atoms with Gasteiger partial charge in [-0.2, -0.15) is 0 Å². The van der Waals surface area contributed by atoms with E-state index in [4.69, 9.17) is 9.47 Å². The lowest BCUT2D eigenvalue weighted by molar-refractivity contribution is -0.133. The Hall–Kier alpha value is -2.15. The number of hydrogen-bond acceptors (Lipinski definition) is 5. The van der Waals surface area contributed by atoms with Crippen LogP contribution in [-0.4, -0.2) is 65.7 Å². The molecule has 2 saturated heterocycles. The summed E-state index contributed by atoms with van der Waals surface area (Å²) in [5.41, 5.74) is 1.04. The van der Waals surface area contributed by atoms with Crippen LogP contribution in [0.5, 0.6) is 0 Å². The van der Waals surface area contributed by atoms with E-state index in [1.165, 1.54) is 0 Å². The van der Waals surface area contributed by atoms with Crippen LogP contribution in [0, 0.1) is 0 Å². The molecule has 0 radical (unpaired) electrons. The fraction of sp³-hybridized carbons (Fsp3) is 0.588. The van der Waals surface area contributed by atoms with Crippen LogP contribution >= 0.6 is 0 Å². The SMILES string of the molecule is O=C(CCN1CCOC1=O)N(Cc1ccncc1)C[C@H]1CCCO1. The lowest BCUT2D eigenvalue weighted by atomic mass is 10.2. The van der Waals surface area contributed by atoms with Crippen molar-refractivity contribution in [1.82, 2.24) is 14.8 Å². The van der Waals surface area contributed by atoms with Crippen LogP contribution in [0.25, 0.3) is 0 Å². The van der Waals surface area contributed by atoms with Crippen LogP contribution in [0.4, 0.5) is 4.79 Å². The van der Waals surface area contributed by atoms with Crippen molar-refractivity contribution in [2.24, 2.45) is 0 Å². The first-order chi connectivity index (χ1) is 11.7. The van der Waals surface area contributed by atoms with Crippen molar-refractivity contribution < 1.29 is 19.1 Å². The molecule has 2 aliphatic heterocycles. The smallest absolute Gasteiger partial charge is 0.409 e. The number of hydrogen-bond donors (Lipinski definition) is 0. The Labute approximate surface area is 141 Å². The van der Waals surface area contributed by atoms with Gasteiger partial charge >= 0.3 is 6.09 Å². The number of carbonyl (C=O) groups is 2. The molecule has 1 aromatic rings. The molecule has 24 heavy (non-hydrogen) atoms. The molecule has 1 aromatic heterocycles. The van der Waals surface area contributed by atoms with Gasteiger partial charge in [0.15, 0.2) is 0 Å². The molecule has 1 atom stereocenters. The Balaban J connectivity index is 1.58. The number of cyclic esters (lactones) is 1. The second-order valence-corrected chi connectivity index (χ2v) is 6.12. The third kappa shape index (κ3) is 4.44. The van der Waals surface area contributed by atoms with Crippen molar-refractivity contribution in [2.45, 2.75) is 31.9 Å². The van der Waals surface area contributed by atoms with E-state index >= 15 is 0 Å². The van der Waals surface area contributed by atoms with Gasteiger partial charge in [0.1, 0.15) is 6.61 Å². The van der Waals surface area contributed by atoms with Crippen LogP contribution in [0.15, 0.2) is 24.5 Å². The van der Waals surface area contributed by atoms with Crippen LogP contribution in [0.1, 0.15) is 24.8 Å². The number of rotatable bonds is 7. The predicted octanol–water partition coefficient (Wildman–Crippen LogP) is 1.43. The van der Waals surface area contributed by atoms with Gasteiger partial charge in [-0.05, 0) is 30.5 Å². The number of nitrogens with zero attached hydrogens (tertiary/aromatic N) is 3. The van der Waals surface area contributed by atoms with Crippen molar-refractivity contribution >= 4 is 12.0 Å². The second-order valence-electron chi connectivity index (χ2n) is 6.12. The average molecular weight is 333 g/mol. The summed E-state index contributed by atoms with van der Waals surface area (Å²) < 4.78 is 10.6. The molecule has 7 heteroatoms. The number of amides is 2. The summed E-state index contributed by atoms with van der Waals surface area (Å²) in [7, 11) is 0. The minimum absolute atomic E-state index is 0.0296. The van der Waals surface area contributed by atoms with Gasteiger partial charge in [0, 0.05) is 45.1 Å². The lowest BCUT2D eigenvalue weighted by Crippen LogP contribution is -2.39. The van der Waals surface area contributed by atoms with E-state index in [2.05, 4.69) is 4.98 Å². The quantitative estimate of drug-likeness (QED) is 0.755. The Bertz CT molecular complexity index is 560. The molecule has 0 unspecified atom stereocenters. The van der Waals surface area contributed by atoms with E-state index in [1.807, 2.05) is 17.0 Å². The van der Waals surface area contributed by atoms with Crippen LogP contribution in [-0.2, 0) is 20.8 Å². The number of aromatic nitrogens is 1. The van der Waals surface area contributed by atoms with E-state index in [9.17, 15) is 9.59 Å². The van der Waals surface area contributed by atoms with Crippen LogP contribution in [0.2, 0.25) is 0 Å². The van der Waals surface area contributed by atoms with Crippen LogP contribution in [0.3, 0.4) is 0 Å². The summed E-state index contributed by atoms with van der Waals surface area (Å²) in [5.74, 6) is 0.0296. The molecule has 130 valence electrons. The summed E-state index contributed by atoms with van der Waals surface area (Å²) >= 11 is 0. The molecule has 0 aromatic carbocycles. The van der Waals surface area contributed by atoms with Gasteiger partial charge in [0.2, 0.25) is 5.91 Å². The topological polar surface area (TPSA) is 72.0 Å². The van der Waals surface area contributed by atoms with Gasteiger partial charge in [0.05, 0.1) is 12.6 Å². The monoisotopic (exact) mass is 333 g/mol. The lowest BCUT2D eigenvalue weighted by Gasteiger charge is -2.26. The Kier molecular flexibility index (Phi) is 5.63. The maximum atomic E-state index is 12.7. The fourth-order valence-electron chi connectivity index (χ4n) is 3.01. The fourth-order valence-corrected chi connectivity index (χ4v) is 3.01. The molecular weight excluding hydrogens is 310 g/mol. The highest BCUT2D eigenvalue weighted by Crippen LogP contribution is 2.16. The summed E-state index contributed by atoms with van der Waals surface area (Å²) in [6.07, 6.45) is 5.55. The minimum Gasteiger partial charge on any atom is -0.448 e. The summed E-state index contributed by atoms with van der Waals surface area (Å²) in [6, 6.07) is 3.82. The molecule has 0 saturated carbocycles. The maximum absolute atomic E-state index is 12.7. The zero-order valence-electron chi connectivity index (χ0n) is 13.7. The first kappa shape index (κ1) is 16.7. The molecule has 0 aliphatic carbocycles. The maximum Gasteiger partial charge on any atom is 0.409 e. The van der Waals surface area contributed by atoms with E-state index < -0.39 is 0 Å². The first-order valence-electron chi connectivity index (χ1n) is 8.42. The van der Waals surface area contributed by atoms with Crippen molar-refractivity contribution in [3.05, 3.63) is 30.1 Å². The molecule has 7 nitrogen and oxygen atoms in total. The molecule has 2 aliphatic rings. The van der Waals surface area contributed by atoms with Crippen LogP contribution < -0.4 is 0 Å². The van der Waals surface area contributed by atoms with Gasteiger partial charge < -0.3 is 19.3 Å². The van der Waals surface area contributed by atoms with Gasteiger partial charge in [0.25, 0.3) is 0 Å². The predicted molar refractivity (Wildman–Crippen MR) is 86.2 cm³/mol. The van der Waals surface area contributed by atoms with Gasteiger partial charge in [-0.15, -0.1) is 0 Å². The molecule has 0 bridgehead atoms. The molecule has 2 fully saturated rings. The van der Waals surface area contributed by atoms with E-state index in [1.54, 1.807) is 17.3 Å². The summed E-state index contributed by atoms with van der Waals surface area (Å²) in [4.78, 5) is 31.6. The largest absolute Gasteiger partial charge is 0.448 e. The normalized spacial score (nSPS) is 20.2. The van der Waals surface area contributed by atoms with E-state index in [-0.39, 0.29) is 18.1 Å². The van der Waals surface area contributed by atoms with Gasteiger partial charge in [-0.1, -0.05) is 0 Å². The van der Waals surface area contributed by atoms with Crippen molar-refractivity contribution in [2.75, 3.05) is 32.8 Å². The van der Waals surface area contributed by atoms with Crippen molar-refractivity contribution in [3.63, 3.8) is 0 Å². The molecule has 0 N–H and O–H groups in total.